The van der Waals surface area contributed by atoms with Crippen LogP contribution in [0.15, 0.2) is 65.8 Å². The van der Waals surface area contributed by atoms with Gasteiger partial charge in [0.1, 0.15) is 5.75 Å². The summed E-state index contributed by atoms with van der Waals surface area (Å²) >= 11 is 0. The third kappa shape index (κ3) is 7.26. The summed E-state index contributed by atoms with van der Waals surface area (Å²) in [6.07, 6.45) is 1.35. The van der Waals surface area contributed by atoms with Crippen molar-refractivity contribution >= 4 is 35.3 Å². The molecule has 0 spiro atoms. The second-order valence-electron chi connectivity index (χ2n) is 8.17. The average molecular weight is 473 g/mol. The van der Waals surface area contributed by atoms with Crippen molar-refractivity contribution in [2.75, 3.05) is 17.2 Å². The summed E-state index contributed by atoms with van der Waals surface area (Å²) in [4.78, 5) is 36.5. The number of amides is 3. The molecule has 35 heavy (non-hydrogen) atoms. The monoisotopic (exact) mass is 472 g/mol. The second kappa shape index (κ2) is 11.6. The first-order valence-electron chi connectivity index (χ1n) is 11.0. The zero-order chi connectivity index (χ0) is 25.4. The number of nitrogens with one attached hydrogen (secondary N) is 3. The lowest BCUT2D eigenvalue weighted by Crippen LogP contribution is -2.32. The fourth-order valence-electron chi connectivity index (χ4n) is 3.45. The number of hydrazone groups is 1. The zero-order valence-electron chi connectivity index (χ0n) is 20.1. The molecule has 3 aromatic rings. The highest BCUT2D eigenvalue weighted by atomic mass is 16.5. The second-order valence-corrected chi connectivity index (χ2v) is 8.17. The van der Waals surface area contributed by atoms with Crippen LogP contribution in [-0.2, 0) is 14.4 Å². The van der Waals surface area contributed by atoms with Gasteiger partial charge in [-0.2, -0.15) is 5.10 Å². The standard InChI is InChI=1S/C27H28N4O4/c1-17-9-11-22(12-10-17)29-26(33)27(34)31-28-15-21-7-5-6-8-23(21)35-16-24(32)30-25-19(3)13-18(2)14-20(25)4/h5-15H,16H2,1-4H3,(H,29,33)(H,30,32)(H,31,34)/b28-15-. The van der Waals surface area contributed by atoms with Gasteiger partial charge in [-0.15, -0.1) is 0 Å². The smallest absolute Gasteiger partial charge is 0.329 e. The van der Waals surface area contributed by atoms with Gasteiger partial charge in [0.05, 0.1) is 6.21 Å². The van der Waals surface area contributed by atoms with Gasteiger partial charge >= 0.3 is 11.8 Å². The van der Waals surface area contributed by atoms with E-state index in [2.05, 4.69) is 21.2 Å². The van der Waals surface area contributed by atoms with E-state index in [9.17, 15) is 14.4 Å². The van der Waals surface area contributed by atoms with E-state index in [1.807, 2.05) is 52.0 Å². The van der Waals surface area contributed by atoms with Gasteiger partial charge in [-0.3, -0.25) is 14.4 Å². The number of rotatable bonds is 7. The molecule has 0 atom stereocenters. The van der Waals surface area contributed by atoms with Crippen LogP contribution in [0.2, 0.25) is 0 Å². The largest absolute Gasteiger partial charge is 0.483 e. The van der Waals surface area contributed by atoms with Gasteiger partial charge < -0.3 is 15.4 Å². The molecule has 0 aliphatic heterocycles. The van der Waals surface area contributed by atoms with Gasteiger partial charge in [-0.25, -0.2) is 5.43 Å². The van der Waals surface area contributed by atoms with Gasteiger partial charge in [0.25, 0.3) is 5.91 Å². The fourth-order valence-corrected chi connectivity index (χ4v) is 3.45. The zero-order valence-corrected chi connectivity index (χ0v) is 20.1. The van der Waals surface area contributed by atoms with E-state index in [1.54, 1.807) is 36.4 Å². The molecule has 0 aliphatic carbocycles. The Hall–Kier alpha value is -4.46. The van der Waals surface area contributed by atoms with E-state index in [0.717, 1.165) is 27.9 Å². The lowest BCUT2D eigenvalue weighted by molar-refractivity contribution is -0.136. The Bertz CT molecular complexity index is 1240. The number of para-hydroxylation sites is 1. The van der Waals surface area contributed by atoms with E-state index in [-0.39, 0.29) is 12.5 Å². The minimum Gasteiger partial charge on any atom is -0.483 e. The molecule has 0 unspecified atom stereocenters. The highest BCUT2D eigenvalue weighted by Gasteiger charge is 2.13. The molecule has 0 radical (unpaired) electrons. The van der Waals surface area contributed by atoms with Gasteiger partial charge in [0.2, 0.25) is 0 Å². The maximum Gasteiger partial charge on any atom is 0.329 e. The summed E-state index contributed by atoms with van der Waals surface area (Å²) in [5.74, 6) is -1.65. The molecule has 0 saturated carbocycles. The highest BCUT2D eigenvalue weighted by molar-refractivity contribution is 6.39. The van der Waals surface area contributed by atoms with Crippen LogP contribution < -0.4 is 20.8 Å². The summed E-state index contributed by atoms with van der Waals surface area (Å²) < 4.78 is 5.67. The molecule has 0 aromatic heterocycles. The van der Waals surface area contributed by atoms with Gasteiger partial charge in [-0.05, 0) is 63.1 Å². The van der Waals surface area contributed by atoms with Crippen LogP contribution in [0.5, 0.6) is 5.75 Å². The van der Waals surface area contributed by atoms with E-state index >= 15 is 0 Å². The van der Waals surface area contributed by atoms with Crippen LogP contribution in [0.4, 0.5) is 11.4 Å². The molecule has 0 saturated heterocycles. The first kappa shape index (κ1) is 25.2. The quantitative estimate of drug-likeness (QED) is 0.274. The Morgan fingerprint density at radius 1 is 0.829 bits per heavy atom. The first-order chi connectivity index (χ1) is 16.7. The number of carbonyl (C=O) groups is 3. The Morgan fingerprint density at radius 2 is 1.49 bits per heavy atom. The van der Waals surface area contributed by atoms with Crippen molar-refractivity contribution in [3.05, 3.63) is 88.5 Å². The topological polar surface area (TPSA) is 109 Å². The Morgan fingerprint density at radius 3 is 2.17 bits per heavy atom. The normalized spacial score (nSPS) is 10.6. The number of carbonyl (C=O) groups excluding carboxylic acids is 3. The molecular formula is C27H28N4O4. The summed E-state index contributed by atoms with van der Waals surface area (Å²) in [6.45, 7) is 7.61. The molecular weight excluding hydrogens is 444 g/mol. The van der Waals surface area contributed by atoms with E-state index in [1.165, 1.54) is 6.21 Å². The number of anilines is 2. The predicted octanol–water partition coefficient (Wildman–Crippen LogP) is 4.03. The number of hydrogen-bond donors (Lipinski definition) is 3. The summed E-state index contributed by atoms with van der Waals surface area (Å²) in [6, 6.07) is 18.0. The van der Waals surface area contributed by atoms with Crippen LogP contribution in [0.3, 0.4) is 0 Å². The molecule has 3 amide bonds. The van der Waals surface area contributed by atoms with E-state index in [0.29, 0.717) is 17.0 Å². The van der Waals surface area contributed by atoms with E-state index < -0.39 is 11.8 Å². The molecule has 8 nitrogen and oxygen atoms in total. The molecule has 180 valence electrons. The molecule has 0 fully saturated rings. The van der Waals surface area contributed by atoms with Crippen molar-refractivity contribution in [1.29, 1.82) is 0 Å². The van der Waals surface area contributed by atoms with Crippen molar-refractivity contribution in [3.8, 4) is 5.75 Å². The third-order valence-corrected chi connectivity index (χ3v) is 5.10. The van der Waals surface area contributed by atoms with E-state index in [4.69, 9.17) is 4.74 Å². The predicted molar refractivity (Wildman–Crippen MR) is 137 cm³/mol. The van der Waals surface area contributed by atoms with Crippen LogP contribution in [-0.4, -0.2) is 30.5 Å². The van der Waals surface area contributed by atoms with Crippen molar-refractivity contribution in [2.45, 2.75) is 27.7 Å². The summed E-state index contributed by atoms with van der Waals surface area (Å²) in [5, 5.41) is 9.23. The maximum atomic E-state index is 12.5. The van der Waals surface area contributed by atoms with Crippen LogP contribution in [0.25, 0.3) is 0 Å². The molecule has 0 aliphatic rings. The Balaban J connectivity index is 1.55. The first-order valence-corrected chi connectivity index (χ1v) is 11.0. The lowest BCUT2D eigenvalue weighted by atomic mass is 10.1. The van der Waals surface area contributed by atoms with Crippen molar-refractivity contribution in [2.24, 2.45) is 5.10 Å². The van der Waals surface area contributed by atoms with Crippen molar-refractivity contribution in [1.82, 2.24) is 5.43 Å². The Kier molecular flexibility index (Phi) is 8.34. The number of benzene rings is 3. The van der Waals surface area contributed by atoms with Gasteiger partial charge in [-0.1, -0.05) is 47.5 Å². The minimum absolute atomic E-state index is 0.205. The highest BCUT2D eigenvalue weighted by Crippen LogP contribution is 2.22. The van der Waals surface area contributed by atoms with Crippen LogP contribution in [0, 0.1) is 27.7 Å². The molecule has 3 N–H and O–H groups in total. The lowest BCUT2D eigenvalue weighted by Gasteiger charge is -2.14. The molecule has 0 heterocycles. The number of ether oxygens (including phenoxy) is 1. The van der Waals surface area contributed by atoms with Gasteiger partial charge in [0, 0.05) is 16.9 Å². The number of nitrogens with zero attached hydrogens (tertiary/aromatic N) is 1. The summed E-state index contributed by atoms with van der Waals surface area (Å²) in [7, 11) is 0. The fraction of sp³-hybridized carbons (Fsp3) is 0.185. The maximum absolute atomic E-state index is 12.5. The number of hydrogen-bond acceptors (Lipinski definition) is 5. The summed E-state index contributed by atoms with van der Waals surface area (Å²) in [5.41, 5.74) is 8.11. The van der Waals surface area contributed by atoms with Crippen molar-refractivity contribution < 1.29 is 19.1 Å². The average Bonchev–Trinajstić information content (AvgIpc) is 2.82. The Labute approximate surface area is 204 Å². The molecule has 8 heteroatoms. The SMILES string of the molecule is Cc1ccc(NC(=O)C(=O)N/N=C\c2ccccc2OCC(=O)Nc2c(C)cc(C)cc2C)cc1. The van der Waals surface area contributed by atoms with Crippen LogP contribution >= 0.6 is 0 Å². The molecule has 0 bridgehead atoms. The molecule has 3 rings (SSSR count). The third-order valence-electron chi connectivity index (χ3n) is 5.10. The minimum atomic E-state index is -0.913. The molecule has 3 aromatic carbocycles. The van der Waals surface area contributed by atoms with Crippen LogP contribution in [0.1, 0.15) is 27.8 Å². The van der Waals surface area contributed by atoms with Gasteiger partial charge in [0.15, 0.2) is 6.61 Å². The van der Waals surface area contributed by atoms with Crippen molar-refractivity contribution in [3.63, 3.8) is 0 Å². The number of aryl methyl sites for hydroxylation is 4.